The number of rotatable bonds is 3. The van der Waals surface area contributed by atoms with Gasteiger partial charge in [-0.15, -0.1) is 0 Å². The van der Waals surface area contributed by atoms with Gasteiger partial charge in [-0.2, -0.15) is 5.10 Å². The summed E-state index contributed by atoms with van der Waals surface area (Å²) in [6.07, 6.45) is 1.48. The third kappa shape index (κ3) is 3.36. The van der Waals surface area contributed by atoms with Gasteiger partial charge < -0.3 is 4.90 Å². The van der Waals surface area contributed by atoms with E-state index in [1.54, 1.807) is 28.6 Å². The Hall–Kier alpha value is -2.44. The number of hydrogen-bond acceptors (Lipinski definition) is 3. The predicted molar refractivity (Wildman–Crippen MR) is 92.1 cm³/mol. The summed E-state index contributed by atoms with van der Waals surface area (Å²) in [6, 6.07) is 5.82. The quantitative estimate of drug-likeness (QED) is 0.857. The number of hydrogen-bond donors (Lipinski definition) is 0. The Bertz CT molecular complexity index is 832. The second-order valence-corrected chi connectivity index (χ2v) is 6.80. The van der Waals surface area contributed by atoms with Crippen molar-refractivity contribution in [3.8, 4) is 0 Å². The minimum atomic E-state index is -0.407. The van der Waals surface area contributed by atoms with Crippen LogP contribution in [-0.2, 0) is 7.05 Å². The van der Waals surface area contributed by atoms with Gasteiger partial charge >= 0.3 is 5.69 Å². The highest BCUT2D eigenvalue weighted by Gasteiger charge is 2.29. The molecule has 1 aromatic carbocycles. The number of aryl methyl sites for hydroxylation is 1. The topological polar surface area (TPSA) is 60.1 Å². The Kier molecular flexibility index (Phi) is 4.74. The maximum absolute atomic E-state index is 13.3. The summed E-state index contributed by atoms with van der Waals surface area (Å²) in [5.41, 5.74) is 0.263. The highest BCUT2D eigenvalue weighted by molar-refractivity contribution is 5.94. The molecule has 0 aliphatic carbocycles. The van der Waals surface area contributed by atoms with E-state index in [1.807, 2.05) is 13.8 Å². The van der Waals surface area contributed by atoms with Crippen LogP contribution in [0.4, 0.5) is 4.39 Å². The van der Waals surface area contributed by atoms with Gasteiger partial charge in [-0.3, -0.25) is 9.36 Å². The van der Waals surface area contributed by atoms with Gasteiger partial charge in [0.1, 0.15) is 11.6 Å². The number of amides is 1. The molecule has 0 radical (unpaired) electrons. The van der Waals surface area contributed by atoms with Crippen molar-refractivity contribution in [2.45, 2.75) is 38.6 Å². The lowest BCUT2D eigenvalue weighted by Crippen LogP contribution is -2.38. The van der Waals surface area contributed by atoms with E-state index < -0.39 is 5.82 Å². The number of aromatic nitrogens is 3. The Morgan fingerprint density at radius 3 is 2.56 bits per heavy atom. The lowest BCUT2D eigenvalue weighted by Gasteiger charge is -2.32. The van der Waals surface area contributed by atoms with E-state index >= 15 is 0 Å². The summed E-state index contributed by atoms with van der Waals surface area (Å²) in [5, 5.41) is 4.41. The fraction of sp³-hybridized carbons (Fsp3) is 0.500. The second-order valence-electron chi connectivity index (χ2n) is 6.80. The summed E-state index contributed by atoms with van der Waals surface area (Å²) in [7, 11) is 1.66. The number of carbonyl (C=O) groups is 1. The van der Waals surface area contributed by atoms with Crippen LogP contribution in [0.2, 0.25) is 0 Å². The maximum Gasteiger partial charge on any atom is 0.345 e. The van der Waals surface area contributed by atoms with E-state index in [2.05, 4.69) is 5.10 Å². The largest absolute Gasteiger partial charge is 0.345 e. The van der Waals surface area contributed by atoms with E-state index in [9.17, 15) is 14.0 Å². The van der Waals surface area contributed by atoms with Crippen LogP contribution in [0.15, 0.2) is 29.1 Å². The van der Waals surface area contributed by atoms with Gasteiger partial charge in [0.25, 0.3) is 5.91 Å². The zero-order valence-electron chi connectivity index (χ0n) is 14.8. The minimum Gasteiger partial charge on any atom is -0.339 e. The van der Waals surface area contributed by atoms with Crippen LogP contribution >= 0.6 is 0 Å². The highest BCUT2D eigenvalue weighted by Crippen LogP contribution is 2.28. The first-order valence-corrected chi connectivity index (χ1v) is 8.58. The maximum atomic E-state index is 13.3. The normalized spacial score (nSPS) is 15.8. The molecule has 3 rings (SSSR count). The molecule has 7 heteroatoms. The molecule has 2 aromatic rings. The Morgan fingerprint density at radius 2 is 1.96 bits per heavy atom. The van der Waals surface area contributed by atoms with Crippen LogP contribution in [-0.4, -0.2) is 38.2 Å². The van der Waals surface area contributed by atoms with Crippen molar-refractivity contribution >= 4 is 5.91 Å². The number of benzene rings is 1. The summed E-state index contributed by atoms with van der Waals surface area (Å²) < 4.78 is 16.4. The van der Waals surface area contributed by atoms with Crippen molar-refractivity contribution < 1.29 is 9.18 Å². The number of piperidine rings is 1. The van der Waals surface area contributed by atoms with E-state index in [1.165, 1.54) is 16.8 Å². The molecule has 25 heavy (non-hydrogen) atoms. The molecule has 1 amide bonds. The van der Waals surface area contributed by atoms with Crippen LogP contribution in [0, 0.1) is 5.82 Å². The number of nitrogens with zero attached hydrogens (tertiary/aromatic N) is 4. The van der Waals surface area contributed by atoms with Gasteiger partial charge in [0.2, 0.25) is 0 Å². The molecule has 1 saturated heterocycles. The summed E-state index contributed by atoms with van der Waals surface area (Å²) in [6.45, 7) is 5.08. The first-order chi connectivity index (χ1) is 11.9. The zero-order chi connectivity index (χ0) is 18.1. The van der Waals surface area contributed by atoms with Crippen LogP contribution in [0.5, 0.6) is 0 Å². The first-order valence-electron chi connectivity index (χ1n) is 8.58. The summed E-state index contributed by atoms with van der Waals surface area (Å²) in [5.74, 6) is 0.378. The fourth-order valence-corrected chi connectivity index (χ4v) is 3.41. The smallest absolute Gasteiger partial charge is 0.339 e. The molecule has 1 fully saturated rings. The standard InChI is InChI=1S/C18H23FN4O2/c1-12(2)23-16(20-21(3)18(23)25)13-7-9-22(10-8-13)17(24)14-5-4-6-15(19)11-14/h4-6,11-13H,7-10H2,1-3H3. The van der Waals surface area contributed by atoms with Crippen LogP contribution in [0.1, 0.15) is 54.8 Å². The average molecular weight is 346 g/mol. The van der Waals surface area contributed by atoms with Gasteiger partial charge in [0.15, 0.2) is 0 Å². The Balaban J connectivity index is 1.73. The molecule has 0 bridgehead atoms. The third-order valence-electron chi connectivity index (χ3n) is 4.72. The minimum absolute atomic E-state index is 0.0446. The van der Waals surface area contributed by atoms with E-state index in [-0.39, 0.29) is 23.6 Å². The highest BCUT2D eigenvalue weighted by atomic mass is 19.1. The second kappa shape index (κ2) is 6.82. The molecule has 0 saturated carbocycles. The molecule has 0 atom stereocenters. The molecular weight excluding hydrogens is 323 g/mol. The summed E-state index contributed by atoms with van der Waals surface area (Å²) >= 11 is 0. The molecule has 2 heterocycles. The first kappa shape index (κ1) is 17.4. The molecule has 1 aliphatic rings. The Morgan fingerprint density at radius 1 is 1.28 bits per heavy atom. The fourth-order valence-electron chi connectivity index (χ4n) is 3.41. The number of carbonyl (C=O) groups excluding carboxylic acids is 1. The van der Waals surface area contributed by atoms with E-state index in [0.717, 1.165) is 18.7 Å². The molecular formula is C18H23FN4O2. The average Bonchev–Trinajstić information content (AvgIpc) is 2.89. The molecule has 1 aromatic heterocycles. The van der Waals surface area contributed by atoms with Crippen molar-refractivity contribution in [3.05, 3.63) is 52.0 Å². The molecule has 134 valence electrons. The molecule has 0 N–H and O–H groups in total. The van der Waals surface area contributed by atoms with Crippen LogP contribution < -0.4 is 5.69 Å². The third-order valence-corrected chi connectivity index (χ3v) is 4.72. The van der Waals surface area contributed by atoms with Gasteiger partial charge in [-0.25, -0.2) is 13.9 Å². The van der Waals surface area contributed by atoms with E-state index in [4.69, 9.17) is 0 Å². The van der Waals surface area contributed by atoms with Crippen LogP contribution in [0.25, 0.3) is 0 Å². The zero-order valence-corrected chi connectivity index (χ0v) is 14.8. The van der Waals surface area contributed by atoms with Crippen molar-refractivity contribution in [1.29, 1.82) is 0 Å². The van der Waals surface area contributed by atoms with Crippen molar-refractivity contribution in [3.63, 3.8) is 0 Å². The molecule has 1 aliphatic heterocycles. The van der Waals surface area contributed by atoms with Gasteiger partial charge in [-0.05, 0) is 44.9 Å². The molecule has 0 spiro atoms. The Labute approximate surface area is 145 Å². The van der Waals surface area contributed by atoms with Crippen molar-refractivity contribution in [2.24, 2.45) is 7.05 Å². The van der Waals surface area contributed by atoms with Gasteiger partial charge in [0, 0.05) is 37.7 Å². The monoisotopic (exact) mass is 346 g/mol. The van der Waals surface area contributed by atoms with Crippen molar-refractivity contribution in [2.75, 3.05) is 13.1 Å². The molecule has 0 unspecified atom stereocenters. The van der Waals surface area contributed by atoms with E-state index in [0.29, 0.717) is 18.7 Å². The summed E-state index contributed by atoms with van der Waals surface area (Å²) in [4.78, 5) is 26.5. The predicted octanol–water partition coefficient (Wildman–Crippen LogP) is 2.32. The lowest BCUT2D eigenvalue weighted by molar-refractivity contribution is 0.0709. The molecule has 6 nitrogen and oxygen atoms in total. The van der Waals surface area contributed by atoms with Crippen molar-refractivity contribution in [1.82, 2.24) is 19.2 Å². The lowest BCUT2D eigenvalue weighted by atomic mass is 9.95. The SMILES string of the molecule is CC(C)n1c(C2CCN(C(=O)c3cccc(F)c3)CC2)nn(C)c1=O. The number of likely N-dealkylation sites (tertiary alicyclic amines) is 1. The van der Waals surface area contributed by atoms with Gasteiger partial charge in [-0.1, -0.05) is 6.07 Å². The van der Waals surface area contributed by atoms with Gasteiger partial charge in [0.05, 0.1) is 0 Å². The van der Waals surface area contributed by atoms with Crippen LogP contribution in [0.3, 0.4) is 0 Å². The number of halogens is 1.